The molecule has 1 N–H and O–H groups in total. The standard InChI is InChI=1S/C15H12N2S2/c18-15-10-13(11-5-2-1-3-6-11)16-14(17-15)9-12-7-4-8-19-12/h1-8,10H,9H2,(H,16,17,18). The first kappa shape index (κ1) is 12.3. The normalized spacial score (nSPS) is 10.5. The molecule has 0 fully saturated rings. The Bertz CT molecular complexity index is 715. The highest BCUT2D eigenvalue weighted by molar-refractivity contribution is 7.71. The number of aromatic nitrogens is 2. The summed E-state index contributed by atoms with van der Waals surface area (Å²) in [5.74, 6) is 0.911. The molecule has 0 saturated heterocycles. The molecule has 0 unspecified atom stereocenters. The number of thiophene rings is 1. The van der Waals surface area contributed by atoms with Crippen LogP contribution in [0.15, 0.2) is 53.9 Å². The summed E-state index contributed by atoms with van der Waals surface area (Å²) in [4.78, 5) is 9.05. The van der Waals surface area contributed by atoms with Gasteiger partial charge in [0.25, 0.3) is 0 Å². The first-order valence-corrected chi connectivity index (χ1v) is 7.28. The van der Waals surface area contributed by atoms with Gasteiger partial charge in [0.15, 0.2) is 0 Å². The number of nitrogens with one attached hydrogen (secondary N) is 1. The summed E-state index contributed by atoms with van der Waals surface area (Å²) in [7, 11) is 0. The van der Waals surface area contributed by atoms with Crippen LogP contribution in [0.2, 0.25) is 0 Å². The Balaban J connectivity index is 1.99. The average Bonchev–Trinajstić information content (AvgIpc) is 2.92. The lowest BCUT2D eigenvalue weighted by molar-refractivity contribution is 0.976. The third kappa shape index (κ3) is 2.97. The monoisotopic (exact) mass is 284 g/mol. The molecular formula is C15H12N2S2. The van der Waals surface area contributed by atoms with Crippen molar-refractivity contribution in [3.8, 4) is 11.3 Å². The smallest absolute Gasteiger partial charge is 0.130 e. The maximum Gasteiger partial charge on any atom is 0.130 e. The molecule has 0 bridgehead atoms. The second-order valence-electron chi connectivity index (χ2n) is 4.20. The van der Waals surface area contributed by atoms with Crippen LogP contribution in [0.3, 0.4) is 0 Å². The Morgan fingerprint density at radius 3 is 2.68 bits per heavy atom. The lowest BCUT2D eigenvalue weighted by Gasteiger charge is -2.05. The minimum Gasteiger partial charge on any atom is -0.343 e. The molecule has 1 aromatic carbocycles. The quantitative estimate of drug-likeness (QED) is 0.719. The highest BCUT2D eigenvalue weighted by atomic mass is 32.1. The molecule has 94 valence electrons. The van der Waals surface area contributed by atoms with E-state index in [1.165, 1.54) is 4.88 Å². The molecule has 0 aliphatic rings. The van der Waals surface area contributed by atoms with E-state index in [0.717, 1.165) is 23.5 Å². The molecule has 0 spiro atoms. The van der Waals surface area contributed by atoms with Crippen molar-refractivity contribution >= 4 is 23.6 Å². The zero-order valence-corrected chi connectivity index (χ0v) is 11.8. The van der Waals surface area contributed by atoms with Crippen LogP contribution in [-0.4, -0.2) is 9.97 Å². The molecular weight excluding hydrogens is 272 g/mol. The molecule has 0 radical (unpaired) electrons. The molecule has 3 aromatic rings. The van der Waals surface area contributed by atoms with Crippen LogP contribution in [0, 0.1) is 4.64 Å². The summed E-state index contributed by atoms with van der Waals surface area (Å²) < 4.78 is 0.629. The molecule has 0 amide bonds. The fraction of sp³-hybridized carbons (Fsp3) is 0.0667. The number of nitrogens with zero attached hydrogens (tertiary/aromatic N) is 1. The topological polar surface area (TPSA) is 28.7 Å². The van der Waals surface area contributed by atoms with Gasteiger partial charge in [0, 0.05) is 17.0 Å². The Hall–Kier alpha value is -1.78. The first-order chi connectivity index (χ1) is 9.31. The van der Waals surface area contributed by atoms with Gasteiger partial charge in [-0.3, -0.25) is 0 Å². The van der Waals surface area contributed by atoms with Crippen LogP contribution in [0.1, 0.15) is 10.7 Å². The zero-order chi connectivity index (χ0) is 13.1. The van der Waals surface area contributed by atoms with Crippen LogP contribution >= 0.6 is 23.6 Å². The predicted octanol–water partition coefficient (Wildman–Crippen LogP) is 4.46. The lowest BCUT2D eigenvalue weighted by Crippen LogP contribution is -1.97. The van der Waals surface area contributed by atoms with Crippen molar-refractivity contribution in [1.29, 1.82) is 0 Å². The van der Waals surface area contributed by atoms with Crippen LogP contribution in [0.25, 0.3) is 11.3 Å². The van der Waals surface area contributed by atoms with Gasteiger partial charge in [-0.1, -0.05) is 48.6 Å². The molecule has 2 nitrogen and oxygen atoms in total. The van der Waals surface area contributed by atoms with E-state index in [4.69, 9.17) is 12.2 Å². The van der Waals surface area contributed by atoms with Crippen molar-refractivity contribution in [2.24, 2.45) is 0 Å². The van der Waals surface area contributed by atoms with E-state index in [1.807, 2.05) is 24.3 Å². The van der Waals surface area contributed by atoms with Gasteiger partial charge in [-0.25, -0.2) is 4.98 Å². The van der Waals surface area contributed by atoms with Crippen LogP contribution in [0.4, 0.5) is 0 Å². The van der Waals surface area contributed by atoms with Crippen molar-refractivity contribution in [3.05, 3.63) is 69.3 Å². The SMILES string of the molecule is S=c1cc(-c2ccccc2)[nH]c(Cc2cccs2)n1. The summed E-state index contributed by atoms with van der Waals surface area (Å²) in [6.07, 6.45) is 0.794. The third-order valence-corrected chi connectivity index (χ3v) is 3.88. The molecule has 0 aliphatic carbocycles. The van der Waals surface area contributed by atoms with Crippen molar-refractivity contribution < 1.29 is 0 Å². The Kier molecular flexibility index (Phi) is 3.53. The van der Waals surface area contributed by atoms with Gasteiger partial charge in [0.2, 0.25) is 0 Å². The summed E-state index contributed by atoms with van der Waals surface area (Å²) in [5, 5.41) is 2.07. The molecule has 0 saturated carbocycles. The molecule has 0 aliphatic heterocycles. The van der Waals surface area contributed by atoms with Crippen molar-refractivity contribution in [2.45, 2.75) is 6.42 Å². The van der Waals surface area contributed by atoms with E-state index in [2.05, 4.69) is 39.6 Å². The summed E-state index contributed by atoms with van der Waals surface area (Å²) >= 11 is 6.99. The van der Waals surface area contributed by atoms with Gasteiger partial charge in [0.05, 0.1) is 0 Å². The first-order valence-electron chi connectivity index (χ1n) is 5.99. The zero-order valence-electron chi connectivity index (χ0n) is 10.2. The molecule has 0 atom stereocenters. The maximum atomic E-state index is 5.25. The third-order valence-electron chi connectivity index (χ3n) is 2.80. The minimum atomic E-state index is 0.629. The second-order valence-corrected chi connectivity index (χ2v) is 5.65. The van der Waals surface area contributed by atoms with E-state index in [9.17, 15) is 0 Å². The number of hydrogen-bond acceptors (Lipinski definition) is 3. The summed E-state index contributed by atoms with van der Waals surface area (Å²) in [6.45, 7) is 0. The van der Waals surface area contributed by atoms with Crippen LogP contribution < -0.4 is 0 Å². The fourth-order valence-electron chi connectivity index (χ4n) is 1.94. The van der Waals surface area contributed by atoms with Gasteiger partial charge in [-0.05, 0) is 23.1 Å². The molecule has 2 heterocycles. The highest BCUT2D eigenvalue weighted by Crippen LogP contribution is 2.18. The summed E-state index contributed by atoms with van der Waals surface area (Å²) in [5.41, 5.74) is 2.15. The predicted molar refractivity (Wildman–Crippen MR) is 82.0 cm³/mol. The van der Waals surface area contributed by atoms with Crippen molar-refractivity contribution in [2.75, 3.05) is 0 Å². The largest absolute Gasteiger partial charge is 0.343 e. The van der Waals surface area contributed by atoms with Crippen LogP contribution in [-0.2, 0) is 6.42 Å². The Morgan fingerprint density at radius 1 is 1.11 bits per heavy atom. The molecule has 3 rings (SSSR count). The van der Waals surface area contributed by atoms with Gasteiger partial charge >= 0.3 is 0 Å². The van der Waals surface area contributed by atoms with E-state index in [1.54, 1.807) is 11.3 Å². The van der Waals surface area contributed by atoms with E-state index < -0.39 is 0 Å². The number of aromatic amines is 1. The van der Waals surface area contributed by atoms with Crippen LogP contribution in [0.5, 0.6) is 0 Å². The van der Waals surface area contributed by atoms with E-state index in [-0.39, 0.29) is 0 Å². The van der Waals surface area contributed by atoms with Gasteiger partial charge in [-0.2, -0.15) is 0 Å². The highest BCUT2D eigenvalue weighted by Gasteiger charge is 2.03. The number of benzene rings is 1. The molecule has 4 heteroatoms. The minimum absolute atomic E-state index is 0.629. The average molecular weight is 284 g/mol. The Labute approximate surface area is 120 Å². The van der Waals surface area contributed by atoms with Crippen molar-refractivity contribution in [1.82, 2.24) is 9.97 Å². The number of rotatable bonds is 3. The van der Waals surface area contributed by atoms with Gasteiger partial charge in [-0.15, -0.1) is 11.3 Å². The fourth-order valence-corrected chi connectivity index (χ4v) is 2.88. The van der Waals surface area contributed by atoms with E-state index in [0.29, 0.717) is 4.64 Å². The van der Waals surface area contributed by atoms with Gasteiger partial charge in [0.1, 0.15) is 10.5 Å². The van der Waals surface area contributed by atoms with E-state index >= 15 is 0 Å². The Morgan fingerprint density at radius 2 is 1.95 bits per heavy atom. The second kappa shape index (κ2) is 5.47. The summed E-state index contributed by atoms with van der Waals surface area (Å²) in [6, 6.07) is 16.2. The number of hydrogen-bond donors (Lipinski definition) is 1. The molecule has 2 aromatic heterocycles. The maximum absolute atomic E-state index is 5.25. The van der Waals surface area contributed by atoms with Crippen molar-refractivity contribution in [3.63, 3.8) is 0 Å². The molecule has 19 heavy (non-hydrogen) atoms. The lowest BCUT2D eigenvalue weighted by atomic mass is 10.1. The van der Waals surface area contributed by atoms with Gasteiger partial charge < -0.3 is 4.98 Å². The number of H-pyrrole nitrogens is 1.